The number of H-pyrrole nitrogens is 1. The molecule has 9 nitrogen and oxygen atoms in total. The zero-order valence-electron chi connectivity index (χ0n) is 22.0. The van der Waals surface area contributed by atoms with E-state index in [0.717, 1.165) is 12.3 Å². The van der Waals surface area contributed by atoms with Crippen molar-refractivity contribution in [2.75, 3.05) is 17.7 Å². The third-order valence-electron chi connectivity index (χ3n) is 6.40. The molecule has 0 saturated carbocycles. The van der Waals surface area contributed by atoms with E-state index in [1.54, 1.807) is 44.6 Å². The van der Waals surface area contributed by atoms with Crippen molar-refractivity contribution in [3.63, 3.8) is 0 Å². The lowest BCUT2D eigenvalue weighted by atomic mass is 10.0. The Bertz CT molecular complexity index is 1820. The predicted molar refractivity (Wildman–Crippen MR) is 153 cm³/mol. The second kappa shape index (κ2) is 11.3. The van der Waals surface area contributed by atoms with Crippen LogP contribution in [0, 0.1) is 24.0 Å². The summed E-state index contributed by atoms with van der Waals surface area (Å²) in [4.78, 5) is 26.1. The van der Waals surface area contributed by atoms with E-state index in [1.165, 1.54) is 47.0 Å². The zero-order chi connectivity index (χ0) is 29.1. The summed E-state index contributed by atoms with van der Waals surface area (Å²) in [6.07, 6.45) is 4.41. The second-order valence-corrected chi connectivity index (χ2v) is 9.02. The lowest BCUT2D eigenvalue weighted by Gasteiger charge is -2.15. The first-order valence-corrected chi connectivity index (χ1v) is 12.4. The fourth-order valence-electron chi connectivity index (χ4n) is 4.33. The van der Waals surface area contributed by atoms with Crippen molar-refractivity contribution in [3.05, 3.63) is 118 Å². The molecule has 0 aliphatic heterocycles. The van der Waals surface area contributed by atoms with Crippen molar-refractivity contribution >= 4 is 23.5 Å². The molecule has 0 spiro atoms. The number of benzene rings is 3. The van der Waals surface area contributed by atoms with Gasteiger partial charge in [-0.15, -0.1) is 0 Å². The summed E-state index contributed by atoms with van der Waals surface area (Å²) in [5, 5.41) is 20.0. The summed E-state index contributed by atoms with van der Waals surface area (Å²) in [5.74, 6) is -1.77. The Morgan fingerprint density at radius 1 is 1.05 bits per heavy atom. The number of aromatic amines is 1. The highest BCUT2D eigenvalue weighted by Gasteiger charge is 2.18. The van der Waals surface area contributed by atoms with Crippen molar-refractivity contribution in [3.8, 4) is 28.3 Å². The van der Waals surface area contributed by atoms with Crippen LogP contribution in [0.15, 0.2) is 83.9 Å². The minimum Gasteiger partial charge on any atom is -0.454 e. The van der Waals surface area contributed by atoms with E-state index in [-0.39, 0.29) is 17.0 Å². The van der Waals surface area contributed by atoms with Gasteiger partial charge in [0.15, 0.2) is 11.6 Å². The Hall–Kier alpha value is -5.58. The second-order valence-electron chi connectivity index (χ2n) is 9.02. The molecule has 0 fully saturated rings. The topological polar surface area (TPSA) is 125 Å². The Kier molecular flexibility index (Phi) is 7.42. The van der Waals surface area contributed by atoms with Crippen LogP contribution in [0.2, 0.25) is 0 Å². The monoisotopic (exact) mass is 554 g/mol. The first-order valence-electron chi connectivity index (χ1n) is 12.4. The van der Waals surface area contributed by atoms with Gasteiger partial charge in [-0.2, -0.15) is 5.10 Å². The number of amides is 1. The van der Waals surface area contributed by atoms with Gasteiger partial charge in [0, 0.05) is 65.0 Å². The van der Waals surface area contributed by atoms with E-state index in [2.05, 4.69) is 20.8 Å². The Morgan fingerprint density at radius 2 is 1.83 bits per heavy atom. The number of rotatable bonds is 8. The molecular weight excluding hydrogens is 530 g/mol. The highest BCUT2D eigenvalue weighted by Crippen LogP contribution is 2.38. The van der Waals surface area contributed by atoms with Gasteiger partial charge in [-0.1, -0.05) is 0 Å². The van der Waals surface area contributed by atoms with Crippen molar-refractivity contribution in [2.24, 2.45) is 0 Å². The number of pyridine rings is 1. The van der Waals surface area contributed by atoms with Gasteiger partial charge >= 0.3 is 0 Å². The number of aryl methyl sites for hydroxylation is 1. The number of nitrogens with zero attached hydrogens (tertiary/aromatic N) is 2. The number of aromatic nitrogens is 3. The highest BCUT2D eigenvalue weighted by atomic mass is 19.1. The number of halogens is 2. The van der Waals surface area contributed by atoms with E-state index in [0.29, 0.717) is 39.5 Å². The molecule has 5 aromatic rings. The molecule has 4 N–H and O–H groups in total. The summed E-state index contributed by atoms with van der Waals surface area (Å²) in [6.45, 7) is 1.69. The van der Waals surface area contributed by atoms with E-state index in [4.69, 9.17) is 10.1 Å². The highest BCUT2D eigenvalue weighted by molar-refractivity contribution is 6.04. The molecule has 1 amide bonds. The van der Waals surface area contributed by atoms with Crippen LogP contribution < -0.4 is 20.9 Å². The van der Waals surface area contributed by atoms with Crippen LogP contribution in [0.4, 0.5) is 20.2 Å². The predicted octanol–water partition coefficient (Wildman–Crippen LogP) is 5.90. The summed E-state index contributed by atoms with van der Waals surface area (Å²) >= 11 is 0. The Balaban J connectivity index is 1.42. The maximum atomic E-state index is 15.2. The van der Waals surface area contributed by atoms with Crippen LogP contribution in [-0.4, -0.2) is 33.9 Å². The zero-order valence-corrected chi connectivity index (χ0v) is 22.0. The van der Waals surface area contributed by atoms with Crippen molar-refractivity contribution < 1.29 is 18.3 Å². The standard InChI is InChI=1S/C30H24F2N6O3/c1-17-3-9-23(30(40)38(17)22-7-4-20(31)5-8-22)29(39)37-21-6-10-27(25(32)12-21)41-28-11-18(14-33)26(34-2)13-24(28)19-15-35-36-16-19/h3-16,33-34H,1-2H3,(H,35,36)(H,37,39). The number of carbonyl (C=O) groups is 1. The van der Waals surface area contributed by atoms with E-state index in [1.807, 2.05) is 0 Å². The van der Waals surface area contributed by atoms with Gasteiger partial charge in [0.2, 0.25) is 0 Å². The SMILES string of the molecule is CNc1cc(-c2cn[nH]c2)c(Oc2ccc(NC(=O)c3ccc(C)n(-c4ccc(F)cc4)c3=O)cc2F)cc1C=N. The lowest BCUT2D eigenvalue weighted by Crippen LogP contribution is -2.29. The van der Waals surface area contributed by atoms with Gasteiger partial charge in [0.05, 0.1) is 6.20 Å². The van der Waals surface area contributed by atoms with Crippen LogP contribution in [0.5, 0.6) is 11.5 Å². The molecule has 0 aliphatic carbocycles. The number of ether oxygens (including phenoxy) is 1. The van der Waals surface area contributed by atoms with E-state index < -0.39 is 23.1 Å². The molecule has 5 rings (SSSR count). The van der Waals surface area contributed by atoms with Gasteiger partial charge in [0.25, 0.3) is 11.5 Å². The average Bonchev–Trinajstić information content (AvgIpc) is 3.50. The fraction of sp³-hybridized carbons (Fsp3) is 0.0667. The first-order chi connectivity index (χ1) is 19.8. The van der Waals surface area contributed by atoms with Crippen LogP contribution >= 0.6 is 0 Å². The summed E-state index contributed by atoms with van der Waals surface area (Å²) < 4.78 is 35.8. The van der Waals surface area contributed by atoms with E-state index in [9.17, 15) is 14.0 Å². The largest absolute Gasteiger partial charge is 0.454 e. The first kappa shape index (κ1) is 27.0. The number of anilines is 2. The number of carbonyl (C=O) groups excluding carboxylic acids is 1. The van der Waals surface area contributed by atoms with Gasteiger partial charge in [-0.05, 0) is 67.6 Å². The molecule has 0 aliphatic rings. The molecular formula is C30H24F2N6O3. The summed E-state index contributed by atoms with van der Waals surface area (Å²) in [7, 11) is 1.73. The van der Waals surface area contributed by atoms with Gasteiger partial charge < -0.3 is 20.8 Å². The van der Waals surface area contributed by atoms with Crippen molar-refractivity contribution in [2.45, 2.75) is 6.92 Å². The number of hydrogen-bond donors (Lipinski definition) is 4. The summed E-state index contributed by atoms with van der Waals surface area (Å²) in [6, 6.07) is 15.6. The molecule has 0 bridgehead atoms. The molecule has 2 aromatic heterocycles. The molecule has 0 saturated heterocycles. The van der Waals surface area contributed by atoms with Gasteiger partial charge in [-0.3, -0.25) is 19.3 Å². The van der Waals surface area contributed by atoms with Crippen LogP contribution in [0.1, 0.15) is 21.6 Å². The van der Waals surface area contributed by atoms with Crippen LogP contribution in [0.3, 0.4) is 0 Å². The average molecular weight is 555 g/mol. The minimum atomic E-state index is -0.761. The molecule has 11 heteroatoms. The third kappa shape index (κ3) is 5.46. The van der Waals surface area contributed by atoms with Gasteiger partial charge in [-0.25, -0.2) is 8.78 Å². The quantitative estimate of drug-likeness (QED) is 0.178. The van der Waals surface area contributed by atoms with Crippen molar-refractivity contribution in [1.29, 1.82) is 5.41 Å². The molecule has 206 valence electrons. The third-order valence-corrected chi connectivity index (χ3v) is 6.40. The molecule has 0 atom stereocenters. The lowest BCUT2D eigenvalue weighted by molar-refractivity contribution is 0.102. The Morgan fingerprint density at radius 3 is 2.49 bits per heavy atom. The molecule has 2 heterocycles. The number of hydrogen-bond acceptors (Lipinski definition) is 6. The van der Waals surface area contributed by atoms with Crippen LogP contribution in [-0.2, 0) is 0 Å². The maximum absolute atomic E-state index is 15.2. The summed E-state index contributed by atoms with van der Waals surface area (Å²) in [5.41, 5.74) is 2.80. The molecule has 41 heavy (non-hydrogen) atoms. The minimum absolute atomic E-state index is 0.105. The molecule has 0 unspecified atom stereocenters. The smallest absolute Gasteiger partial charge is 0.268 e. The molecule has 0 radical (unpaired) electrons. The normalized spacial score (nSPS) is 10.7. The van der Waals surface area contributed by atoms with Crippen molar-refractivity contribution in [1.82, 2.24) is 14.8 Å². The fourth-order valence-corrected chi connectivity index (χ4v) is 4.33. The van der Waals surface area contributed by atoms with Crippen LogP contribution in [0.25, 0.3) is 16.8 Å². The number of nitrogens with one attached hydrogen (secondary N) is 4. The van der Waals surface area contributed by atoms with Gasteiger partial charge in [0.1, 0.15) is 17.1 Å². The Labute approximate surface area is 232 Å². The van der Waals surface area contributed by atoms with E-state index >= 15 is 4.39 Å². The maximum Gasteiger partial charge on any atom is 0.268 e. The molecule has 3 aromatic carbocycles.